The number of nitro groups is 1. The van der Waals surface area contributed by atoms with Crippen LogP contribution in [-0.4, -0.2) is 52.3 Å². The number of nitrogens with one attached hydrogen (secondary N) is 1. The first-order chi connectivity index (χ1) is 9.82. The number of nitro benzene ring substituents is 1. The number of rotatable bonds is 4. The number of anilines is 1. The van der Waals surface area contributed by atoms with Gasteiger partial charge in [-0.05, 0) is 19.1 Å². The molecule has 8 heteroatoms. The predicted molar refractivity (Wildman–Crippen MR) is 79.7 cm³/mol. The molecule has 1 aromatic rings. The highest BCUT2D eigenvalue weighted by Crippen LogP contribution is 2.30. The molecule has 1 fully saturated rings. The molecule has 1 aliphatic heterocycles. The van der Waals surface area contributed by atoms with E-state index in [-0.39, 0.29) is 10.6 Å². The fourth-order valence-electron chi connectivity index (χ4n) is 2.56. The number of sulfone groups is 1. The van der Waals surface area contributed by atoms with Crippen LogP contribution < -0.4 is 9.80 Å². The average molecular weight is 314 g/mol. The average Bonchev–Trinajstić information content (AvgIpc) is 2.45. The van der Waals surface area contributed by atoms with Crippen LogP contribution in [0.3, 0.4) is 0 Å². The molecule has 0 saturated carbocycles. The van der Waals surface area contributed by atoms with Gasteiger partial charge in [0.25, 0.3) is 5.69 Å². The lowest BCUT2D eigenvalue weighted by atomic mass is 10.2. The van der Waals surface area contributed by atoms with Gasteiger partial charge in [0.1, 0.15) is 5.69 Å². The Bertz CT molecular complexity index is 637. The molecular weight excluding hydrogens is 294 g/mol. The van der Waals surface area contributed by atoms with Crippen molar-refractivity contribution >= 4 is 21.2 Å². The SMILES string of the molecule is CC[NH+]1CCN(c2ccc(S(C)(=O)=O)cc2[N+](=O)[O-])CC1. The molecule has 0 amide bonds. The first-order valence-corrected chi connectivity index (χ1v) is 8.79. The molecule has 0 aliphatic carbocycles. The summed E-state index contributed by atoms with van der Waals surface area (Å²) in [6.45, 7) is 6.50. The summed E-state index contributed by atoms with van der Waals surface area (Å²) in [4.78, 5) is 14.1. The van der Waals surface area contributed by atoms with Crippen molar-refractivity contribution in [3.8, 4) is 0 Å². The van der Waals surface area contributed by atoms with E-state index in [4.69, 9.17) is 0 Å². The zero-order chi connectivity index (χ0) is 15.6. The Morgan fingerprint density at radius 3 is 2.43 bits per heavy atom. The zero-order valence-corrected chi connectivity index (χ0v) is 13.0. The number of benzene rings is 1. The smallest absolute Gasteiger partial charge is 0.293 e. The minimum Gasteiger partial charge on any atom is -0.355 e. The Hall–Kier alpha value is -1.67. The van der Waals surface area contributed by atoms with Crippen LogP contribution in [-0.2, 0) is 9.84 Å². The van der Waals surface area contributed by atoms with E-state index in [1.165, 1.54) is 11.0 Å². The number of nitrogens with zero attached hydrogens (tertiary/aromatic N) is 2. The molecule has 7 nitrogen and oxygen atoms in total. The number of piperazine rings is 1. The van der Waals surface area contributed by atoms with Gasteiger partial charge in [0.2, 0.25) is 0 Å². The highest BCUT2D eigenvalue weighted by molar-refractivity contribution is 7.90. The van der Waals surface area contributed by atoms with Crippen LogP contribution in [0.4, 0.5) is 11.4 Å². The van der Waals surface area contributed by atoms with Gasteiger partial charge in [-0.1, -0.05) is 0 Å². The number of likely N-dealkylation sites (N-methyl/N-ethyl adjacent to an activating group) is 1. The van der Waals surface area contributed by atoms with Crippen molar-refractivity contribution in [2.75, 3.05) is 43.9 Å². The maximum absolute atomic E-state index is 11.5. The summed E-state index contributed by atoms with van der Waals surface area (Å²) in [5.74, 6) is 0. The summed E-state index contributed by atoms with van der Waals surface area (Å²) >= 11 is 0. The van der Waals surface area contributed by atoms with Crippen LogP contribution in [0.2, 0.25) is 0 Å². The molecule has 0 radical (unpaired) electrons. The highest BCUT2D eigenvalue weighted by Gasteiger charge is 2.26. The lowest BCUT2D eigenvalue weighted by Gasteiger charge is -2.32. The van der Waals surface area contributed by atoms with Crippen molar-refractivity contribution in [2.45, 2.75) is 11.8 Å². The second-order valence-corrected chi connectivity index (χ2v) is 7.29. The van der Waals surface area contributed by atoms with Crippen molar-refractivity contribution in [3.63, 3.8) is 0 Å². The summed E-state index contributed by atoms with van der Waals surface area (Å²) in [5, 5.41) is 11.2. The van der Waals surface area contributed by atoms with E-state index in [1.54, 1.807) is 6.07 Å². The van der Waals surface area contributed by atoms with Crippen LogP contribution in [0.25, 0.3) is 0 Å². The third-order valence-electron chi connectivity index (χ3n) is 3.88. The van der Waals surface area contributed by atoms with Gasteiger partial charge in [0.05, 0.1) is 42.5 Å². The van der Waals surface area contributed by atoms with E-state index < -0.39 is 14.8 Å². The Labute approximate surface area is 124 Å². The van der Waals surface area contributed by atoms with Gasteiger partial charge in [0.15, 0.2) is 9.84 Å². The van der Waals surface area contributed by atoms with Crippen LogP contribution in [0.5, 0.6) is 0 Å². The Balaban J connectivity index is 2.34. The Kier molecular flexibility index (Phi) is 4.48. The maximum Gasteiger partial charge on any atom is 0.293 e. The Morgan fingerprint density at radius 2 is 1.95 bits per heavy atom. The minimum atomic E-state index is -3.45. The molecule has 2 rings (SSSR count). The molecule has 0 unspecified atom stereocenters. The largest absolute Gasteiger partial charge is 0.355 e. The van der Waals surface area contributed by atoms with Crippen molar-refractivity contribution in [1.29, 1.82) is 0 Å². The summed E-state index contributed by atoms with van der Waals surface area (Å²) in [7, 11) is -3.45. The van der Waals surface area contributed by atoms with Gasteiger partial charge < -0.3 is 9.80 Å². The first-order valence-electron chi connectivity index (χ1n) is 6.90. The van der Waals surface area contributed by atoms with Crippen molar-refractivity contribution < 1.29 is 18.2 Å². The highest BCUT2D eigenvalue weighted by atomic mass is 32.2. The second kappa shape index (κ2) is 5.98. The van der Waals surface area contributed by atoms with Crippen molar-refractivity contribution in [3.05, 3.63) is 28.3 Å². The van der Waals surface area contributed by atoms with E-state index in [1.807, 2.05) is 4.90 Å². The quantitative estimate of drug-likeness (QED) is 0.610. The molecule has 0 aromatic heterocycles. The fourth-order valence-corrected chi connectivity index (χ4v) is 3.21. The zero-order valence-electron chi connectivity index (χ0n) is 12.2. The van der Waals surface area contributed by atoms with Gasteiger partial charge in [-0.25, -0.2) is 8.42 Å². The number of quaternary nitrogens is 1. The summed E-state index contributed by atoms with van der Waals surface area (Å²) in [5.41, 5.74) is 0.362. The molecule has 1 aliphatic rings. The van der Waals surface area contributed by atoms with Gasteiger partial charge >= 0.3 is 0 Å². The van der Waals surface area contributed by atoms with E-state index in [2.05, 4.69) is 6.92 Å². The van der Waals surface area contributed by atoms with Gasteiger partial charge in [-0.2, -0.15) is 0 Å². The third-order valence-corrected chi connectivity index (χ3v) is 4.99. The van der Waals surface area contributed by atoms with Gasteiger partial charge in [0, 0.05) is 12.3 Å². The lowest BCUT2D eigenvalue weighted by Crippen LogP contribution is -3.14. The second-order valence-electron chi connectivity index (χ2n) is 5.27. The monoisotopic (exact) mass is 314 g/mol. The maximum atomic E-state index is 11.5. The molecule has 21 heavy (non-hydrogen) atoms. The van der Waals surface area contributed by atoms with Crippen LogP contribution in [0.15, 0.2) is 23.1 Å². The first kappa shape index (κ1) is 15.7. The predicted octanol–water partition coefficient (Wildman–Crippen LogP) is -0.277. The normalized spacial score (nSPS) is 17.0. The molecule has 1 heterocycles. The standard InChI is InChI=1S/C13H19N3O4S/c1-3-14-6-8-15(9-7-14)12-5-4-11(21(2,19)20)10-13(12)16(17)18/h4-5,10H,3,6-9H2,1-2H3/p+1. The van der Waals surface area contributed by atoms with Gasteiger partial charge in [-0.15, -0.1) is 0 Å². The number of hydrogen-bond donors (Lipinski definition) is 1. The van der Waals surface area contributed by atoms with E-state index in [0.717, 1.165) is 45.0 Å². The molecule has 0 atom stereocenters. The van der Waals surface area contributed by atoms with E-state index in [9.17, 15) is 18.5 Å². The molecule has 116 valence electrons. The van der Waals surface area contributed by atoms with E-state index in [0.29, 0.717) is 5.69 Å². The van der Waals surface area contributed by atoms with E-state index >= 15 is 0 Å². The summed E-state index contributed by atoms with van der Waals surface area (Å²) in [6.07, 6.45) is 1.05. The third kappa shape index (κ3) is 3.51. The topological polar surface area (TPSA) is 85.0 Å². The molecule has 0 spiro atoms. The Morgan fingerprint density at radius 1 is 1.33 bits per heavy atom. The summed E-state index contributed by atoms with van der Waals surface area (Å²) < 4.78 is 23.1. The molecular formula is C13H20N3O4S+. The van der Waals surface area contributed by atoms with Crippen molar-refractivity contribution in [2.24, 2.45) is 0 Å². The fraction of sp³-hybridized carbons (Fsp3) is 0.538. The minimum absolute atomic E-state index is 0.0178. The lowest BCUT2D eigenvalue weighted by molar-refractivity contribution is -0.898. The summed E-state index contributed by atoms with van der Waals surface area (Å²) in [6, 6.07) is 4.14. The number of hydrogen-bond acceptors (Lipinski definition) is 5. The van der Waals surface area contributed by atoms with Crippen molar-refractivity contribution in [1.82, 2.24) is 0 Å². The van der Waals surface area contributed by atoms with Crippen LogP contribution in [0.1, 0.15) is 6.92 Å². The molecule has 1 saturated heterocycles. The molecule has 1 N–H and O–H groups in total. The van der Waals surface area contributed by atoms with Crippen LogP contribution >= 0.6 is 0 Å². The van der Waals surface area contributed by atoms with Gasteiger partial charge in [-0.3, -0.25) is 10.1 Å². The molecule has 1 aromatic carbocycles. The van der Waals surface area contributed by atoms with Crippen LogP contribution in [0, 0.1) is 10.1 Å². The molecule has 0 bridgehead atoms.